The molecule has 0 bridgehead atoms. The predicted molar refractivity (Wildman–Crippen MR) is 94.2 cm³/mol. The van der Waals surface area contributed by atoms with Crippen molar-refractivity contribution in [3.63, 3.8) is 0 Å². The molecule has 2 aromatic carbocycles. The van der Waals surface area contributed by atoms with E-state index < -0.39 is 0 Å². The Balaban J connectivity index is 2.23. The molecule has 0 radical (unpaired) electrons. The molecule has 0 aliphatic rings. The van der Waals surface area contributed by atoms with Gasteiger partial charge in [0.2, 0.25) is 5.91 Å². The lowest BCUT2D eigenvalue weighted by Crippen LogP contribution is -2.21. The molecule has 4 heteroatoms. The van der Waals surface area contributed by atoms with Gasteiger partial charge in [-0.3, -0.25) is 4.79 Å². The molecule has 0 heterocycles. The van der Waals surface area contributed by atoms with Gasteiger partial charge in [0, 0.05) is 17.6 Å². The third-order valence-corrected chi connectivity index (χ3v) is 4.36. The Morgan fingerprint density at radius 3 is 2.52 bits per heavy atom. The standard InChI is InChI=1S/C19H22ClNO2/c1-12-8-14(3)18(9-13(12)2)23-11-16-15(10-19(22)21-4)6-5-7-17(16)20/h5-9H,10-11H2,1-4H3,(H,21,22). The van der Waals surface area contributed by atoms with Crippen LogP contribution in [0.15, 0.2) is 30.3 Å². The van der Waals surface area contributed by atoms with E-state index in [1.165, 1.54) is 11.1 Å². The van der Waals surface area contributed by atoms with Crippen LogP contribution in [0.1, 0.15) is 27.8 Å². The second-order valence-electron chi connectivity index (χ2n) is 5.72. The predicted octanol–water partition coefficient (Wildman–Crippen LogP) is 4.13. The number of carbonyl (C=O) groups is 1. The molecule has 122 valence electrons. The lowest BCUT2D eigenvalue weighted by Gasteiger charge is -2.15. The van der Waals surface area contributed by atoms with E-state index in [4.69, 9.17) is 16.3 Å². The van der Waals surface area contributed by atoms with Gasteiger partial charge in [-0.2, -0.15) is 0 Å². The van der Waals surface area contributed by atoms with Gasteiger partial charge in [0.05, 0.1) is 6.42 Å². The van der Waals surface area contributed by atoms with Crippen LogP contribution in [0.5, 0.6) is 5.75 Å². The molecule has 2 rings (SSSR count). The SMILES string of the molecule is CNC(=O)Cc1cccc(Cl)c1COc1cc(C)c(C)cc1C. The Hall–Kier alpha value is -2.00. The van der Waals surface area contributed by atoms with Crippen LogP contribution >= 0.6 is 11.6 Å². The summed E-state index contributed by atoms with van der Waals surface area (Å²) in [7, 11) is 1.63. The summed E-state index contributed by atoms with van der Waals surface area (Å²) in [6, 6.07) is 9.74. The number of nitrogens with one attached hydrogen (secondary N) is 1. The summed E-state index contributed by atoms with van der Waals surface area (Å²) in [6.07, 6.45) is 0.293. The fourth-order valence-corrected chi connectivity index (χ4v) is 2.68. The first-order valence-corrected chi connectivity index (χ1v) is 7.97. The molecular weight excluding hydrogens is 310 g/mol. The van der Waals surface area contributed by atoms with Gasteiger partial charge in [0.1, 0.15) is 12.4 Å². The molecule has 0 unspecified atom stereocenters. The van der Waals surface area contributed by atoms with E-state index in [0.29, 0.717) is 18.1 Å². The van der Waals surface area contributed by atoms with Crippen LogP contribution in [-0.2, 0) is 17.8 Å². The zero-order chi connectivity index (χ0) is 17.0. The first kappa shape index (κ1) is 17.4. The third kappa shape index (κ3) is 4.26. The zero-order valence-corrected chi connectivity index (χ0v) is 14.8. The molecule has 0 aliphatic heterocycles. The molecule has 1 amide bonds. The van der Waals surface area contributed by atoms with Crippen molar-refractivity contribution in [1.29, 1.82) is 0 Å². The van der Waals surface area contributed by atoms with Crippen LogP contribution in [0, 0.1) is 20.8 Å². The molecule has 0 spiro atoms. The van der Waals surface area contributed by atoms with E-state index in [1.807, 2.05) is 31.2 Å². The molecule has 3 nitrogen and oxygen atoms in total. The van der Waals surface area contributed by atoms with Crippen LogP contribution in [0.3, 0.4) is 0 Å². The van der Waals surface area contributed by atoms with Crippen molar-refractivity contribution in [1.82, 2.24) is 5.32 Å². The quantitative estimate of drug-likeness (QED) is 0.894. The lowest BCUT2D eigenvalue weighted by molar-refractivity contribution is -0.119. The van der Waals surface area contributed by atoms with Crippen LogP contribution in [0.4, 0.5) is 0 Å². The molecular formula is C19H22ClNO2. The van der Waals surface area contributed by atoms with Gasteiger partial charge in [-0.25, -0.2) is 0 Å². The summed E-state index contributed by atoms with van der Waals surface area (Å²) in [6.45, 7) is 6.52. The van der Waals surface area contributed by atoms with Crippen LogP contribution < -0.4 is 10.1 Å². The Morgan fingerprint density at radius 2 is 1.83 bits per heavy atom. The van der Waals surface area contributed by atoms with Gasteiger partial charge in [-0.1, -0.05) is 29.8 Å². The van der Waals surface area contributed by atoms with E-state index in [0.717, 1.165) is 22.4 Å². The van der Waals surface area contributed by atoms with Crippen LogP contribution in [0.2, 0.25) is 5.02 Å². The number of rotatable bonds is 5. The Kier molecular flexibility index (Phi) is 5.67. The molecule has 0 atom stereocenters. The van der Waals surface area contributed by atoms with Crippen LogP contribution in [0.25, 0.3) is 0 Å². The molecule has 23 heavy (non-hydrogen) atoms. The Bertz CT molecular complexity index is 726. The molecule has 0 saturated heterocycles. The summed E-state index contributed by atoms with van der Waals surface area (Å²) >= 11 is 6.31. The first-order valence-electron chi connectivity index (χ1n) is 7.60. The fourth-order valence-electron chi connectivity index (χ4n) is 2.43. The smallest absolute Gasteiger partial charge is 0.224 e. The summed E-state index contributed by atoms with van der Waals surface area (Å²) in [5.41, 5.74) is 5.27. The highest BCUT2D eigenvalue weighted by atomic mass is 35.5. The number of halogens is 1. The number of likely N-dealkylation sites (N-methyl/N-ethyl adjacent to an activating group) is 1. The minimum absolute atomic E-state index is 0.0455. The number of carbonyl (C=O) groups excluding carboxylic acids is 1. The van der Waals surface area contributed by atoms with Gasteiger partial charge < -0.3 is 10.1 Å². The van der Waals surface area contributed by atoms with Crippen molar-refractivity contribution < 1.29 is 9.53 Å². The maximum absolute atomic E-state index is 11.7. The number of benzene rings is 2. The number of amides is 1. The minimum Gasteiger partial charge on any atom is -0.489 e. The highest BCUT2D eigenvalue weighted by molar-refractivity contribution is 6.31. The first-order chi connectivity index (χ1) is 10.9. The Morgan fingerprint density at radius 1 is 1.13 bits per heavy atom. The topological polar surface area (TPSA) is 38.3 Å². The van der Waals surface area contributed by atoms with E-state index >= 15 is 0 Å². The average Bonchev–Trinajstić information content (AvgIpc) is 2.51. The summed E-state index contributed by atoms with van der Waals surface area (Å²) in [4.78, 5) is 11.7. The van der Waals surface area contributed by atoms with Crippen molar-refractivity contribution in [2.75, 3.05) is 7.05 Å². The zero-order valence-electron chi connectivity index (χ0n) is 14.0. The molecule has 0 fully saturated rings. The number of hydrogen-bond acceptors (Lipinski definition) is 2. The van der Waals surface area contributed by atoms with E-state index in [-0.39, 0.29) is 5.91 Å². The van der Waals surface area contributed by atoms with E-state index in [1.54, 1.807) is 7.05 Å². The number of aryl methyl sites for hydroxylation is 3. The van der Waals surface area contributed by atoms with Gasteiger partial charge >= 0.3 is 0 Å². The maximum Gasteiger partial charge on any atom is 0.224 e. The summed E-state index contributed by atoms with van der Waals surface area (Å²) in [5.74, 6) is 0.801. The van der Waals surface area contributed by atoms with Crippen LogP contribution in [-0.4, -0.2) is 13.0 Å². The number of hydrogen-bond donors (Lipinski definition) is 1. The molecule has 0 saturated carbocycles. The van der Waals surface area contributed by atoms with Crippen molar-refractivity contribution in [2.45, 2.75) is 33.8 Å². The largest absolute Gasteiger partial charge is 0.489 e. The average molecular weight is 332 g/mol. The van der Waals surface area contributed by atoms with Crippen molar-refractivity contribution >= 4 is 17.5 Å². The highest BCUT2D eigenvalue weighted by Gasteiger charge is 2.12. The van der Waals surface area contributed by atoms with E-state index in [2.05, 4.69) is 25.2 Å². The monoisotopic (exact) mass is 331 g/mol. The van der Waals surface area contributed by atoms with Crippen molar-refractivity contribution in [3.05, 3.63) is 63.2 Å². The molecule has 1 N–H and O–H groups in total. The van der Waals surface area contributed by atoms with Crippen molar-refractivity contribution in [3.8, 4) is 5.75 Å². The maximum atomic E-state index is 11.7. The normalized spacial score (nSPS) is 10.5. The minimum atomic E-state index is -0.0455. The summed E-state index contributed by atoms with van der Waals surface area (Å²) < 4.78 is 5.98. The van der Waals surface area contributed by atoms with E-state index in [9.17, 15) is 4.79 Å². The fraction of sp³-hybridized carbons (Fsp3) is 0.316. The third-order valence-electron chi connectivity index (χ3n) is 4.01. The molecule has 2 aromatic rings. The highest BCUT2D eigenvalue weighted by Crippen LogP contribution is 2.26. The van der Waals surface area contributed by atoms with Gasteiger partial charge in [0.15, 0.2) is 0 Å². The number of ether oxygens (including phenoxy) is 1. The summed E-state index contributed by atoms with van der Waals surface area (Å²) in [5, 5.41) is 3.25. The second kappa shape index (κ2) is 7.51. The Labute approximate surface area is 142 Å². The van der Waals surface area contributed by atoms with Crippen molar-refractivity contribution in [2.24, 2.45) is 0 Å². The van der Waals surface area contributed by atoms with Gasteiger partial charge in [-0.15, -0.1) is 0 Å². The lowest BCUT2D eigenvalue weighted by atomic mass is 10.0. The van der Waals surface area contributed by atoms with Gasteiger partial charge in [0.25, 0.3) is 0 Å². The molecule has 0 aliphatic carbocycles. The second-order valence-corrected chi connectivity index (χ2v) is 6.13. The molecule has 0 aromatic heterocycles. The van der Waals surface area contributed by atoms with Gasteiger partial charge in [-0.05, 0) is 55.2 Å².